The molecular formula is C12H19N3O3S2. The summed E-state index contributed by atoms with van der Waals surface area (Å²) in [6, 6.07) is 3.30. The maximum atomic E-state index is 12.4. The first kappa shape index (κ1) is 15.6. The number of sulfonamides is 1. The van der Waals surface area contributed by atoms with Gasteiger partial charge >= 0.3 is 0 Å². The van der Waals surface area contributed by atoms with E-state index in [4.69, 9.17) is 0 Å². The van der Waals surface area contributed by atoms with Crippen LogP contribution in [0.15, 0.2) is 23.4 Å². The molecule has 1 fully saturated rings. The van der Waals surface area contributed by atoms with Gasteiger partial charge in [0.25, 0.3) is 10.0 Å². The summed E-state index contributed by atoms with van der Waals surface area (Å²) in [6.45, 7) is 4.13. The second-order valence-electron chi connectivity index (χ2n) is 4.54. The molecule has 20 heavy (non-hydrogen) atoms. The van der Waals surface area contributed by atoms with Crippen molar-refractivity contribution in [3.8, 4) is 0 Å². The zero-order valence-electron chi connectivity index (χ0n) is 11.4. The first-order chi connectivity index (χ1) is 9.54. The van der Waals surface area contributed by atoms with Gasteiger partial charge < -0.3 is 5.32 Å². The Balaban J connectivity index is 2.11. The highest BCUT2D eigenvalue weighted by atomic mass is 32.2. The number of aromatic nitrogens is 1. The highest BCUT2D eigenvalue weighted by Gasteiger charge is 2.28. The molecule has 112 valence electrons. The van der Waals surface area contributed by atoms with Crippen LogP contribution < -0.4 is 5.32 Å². The van der Waals surface area contributed by atoms with Crippen LogP contribution in [-0.2, 0) is 27.4 Å². The summed E-state index contributed by atoms with van der Waals surface area (Å²) < 4.78 is 37.4. The molecule has 1 saturated heterocycles. The molecule has 0 aliphatic carbocycles. The summed E-state index contributed by atoms with van der Waals surface area (Å²) in [5, 5.41) is 3.22. The van der Waals surface area contributed by atoms with Crippen molar-refractivity contribution in [3.63, 3.8) is 0 Å². The van der Waals surface area contributed by atoms with Gasteiger partial charge in [-0.05, 0) is 18.2 Å². The Labute approximate surface area is 122 Å². The van der Waals surface area contributed by atoms with E-state index in [-0.39, 0.29) is 5.03 Å². The zero-order chi connectivity index (χ0) is 14.6. The molecule has 1 N–H and O–H groups in total. The van der Waals surface area contributed by atoms with Crippen LogP contribution in [0.25, 0.3) is 0 Å². The van der Waals surface area contributed by atoms with E-state index in [1.165, 1.54) is 10.4 Å². The van der Waals surface area contributed by atoms with Gasteiger partial charge in [-0.1, -0.05) is 13.0 Å². The lowest BCUT2D eigenvalue weighted by Crippen LogP contribution is -2.41. The summed E-state index contributed by atoms with van der Waals surface area (Å²) in [4.78, 5) is 4.05. The number of hydrogen-bond acceptors (Lipinski definition) is 5. The Bertz CT molecular complexity index is 562. The third-order valence-electron chi connectivity index (χ3n) is 3.12. The van der Waals surface area contributed by atoms with Crippen molar-refractivity contribution in [2.45, 2.75) is 18.5 Å². The molecule has 6 nitrogen and oxygen atoms in total. The molecule has 8 heteroatoms. The van der Waals surface area contributed by atoms with Crippen molar-refractivity contribution < 1.29 is 12.6 Å². The predicted molar refractivity (Wildman–Crippen MR) is 78.3 cm³/mol. The van der Waals surface area contributed by atoms with Crippen LogP contribution in [0.2, 0.25) is 0 Å². The molecule has 0 saturated carbocycles. The summed E-state index contributed by atoms with van der Waals surface area (Å²) in [5.41, 5.74) is 0.950. The Kier molecular flexibility index (Phi) is 5.25. The lowest BCUT2D eigenvalue weighted by atomic mass is 10.3. The second-order valence-corrected chi connectivity index (χ2v) is 8.12. The molecule has 0 aromatic carbocycles. The van der Waals surface area contributed by atoms with Crippen molar-refractivity contribution in [2.24, 2.45) is 0 Å². The van der Waals surface area contributed by atoms with Gasteiger partial charge in [0.1, 0.15) is 0 Å². The normalized spacial score (nSPS) is 18.2. The molecule has 1 aliphatic heterocycles. The third kappa shape index (κ3) is 3.63. The van der Waals surface area contributed by atoms with Gasteiger partial charge in [0.2, 0.25) is 0 Å². The SMILES string of the molecule is CCNCc1ccc(S(=O)(=O)N2CCS(=O)CC2)nc1. The number of nitrogens with one attached hydrogen (secondary N) is 1. The van der Waals surface area contributed by atoms with E-state index >= 15 is 0 Å². The highest BCUT2D eigenvalue weighted by molar-refractivity contribution is 7.89. The lowest BCUT2D eigenvalue weighted by Gasteiger charge is -2.25. The number of hydrogen-bond donors (Lipinski definition) is 1. The van der Waals surface area contributed by atoms with E-state index < -0.39 is 20.8 Å². The van der Waals surface area contributed by atoms with Gasteiger partial charge in [-0.3, -0.25) is 4.21 Å². The van der Waals surface area contributed by atoms with Gasteiger partial charge in [0, 0.05) is 48.1 Å². The minimum atomic E-state index is -3.56. The number of rotatable bonds is 5. The quantitative estimate of drug-likeness (QED) is 0.823. The van der Waals surface area contributed by atoms with Crippen LogP contribution in [0.3, 0.4) is 0 Å². The first-order valence-electron chi connectivity index (χ1n) is 6.55. The molecule has 0 bridgehead atoms. The van der Waals surface area contributed by atoms with Crippen molar-refractivity contribution in [1.29, 1.82) is 0 Å². The van der Waals surface area contributed by atoms with Gasteiger partial charge in [0.15, 0.2) is 5.03 Å². The van der Waals surface area contributed by atoms with Gasteiger partial charge in [-0.2, -0.15) is 4.31 Å². The van der Waals surface area contributed by atoms with Crippen LogP contribution in [0.1, 0.15) is 12.5 Å². The van der Waals surface area contributed by atoms with Crippen molar-refractivity contribution >= 4 is 20.8 Å². The molecule has 1 aromatic rings. The van der Waals surface area contributed by atoms with Crippen LogP contribution in [0.4, 0.5) is 0 Å². The second kappa shape index (κ2) is 6.75. The Morgan fingerprint density at radius 3 is 2.60 bits per heavy atom. The van der Waals surface area contributed by atoms with E-state index in [9.17, 15) is 12.6 Å². The van der Waals surface area contributed by atoms with Gasteiger partial charge in [-0.25, -0.2) is 13.4 Å². The fourth-order valence-corrected chi connectivity index (χ4v) is 4.57. The minimum Gasteiger partial charge on any atom is -0.313 e. The molecule has 2 rings (SSSR count). The van der Waals surface area contributed by atoms with E-state index in [0.717, 1.165) is 12.1 Å². The predicted octanol–water partition coefficient (Wildman–Crippen LogP) is -0.0559. The maximum absolute atomic E-state index is 12.4. The zero-order valence-corrected chi connectivity index (χ0v) is 13.0. The first-order valence-corrected chi connectivity index (χ1v) is 9.47. The molecule has 1 aromatic heterocycles. The standard InChI is InChI=1S/C12H19N3O3S2/c1-2-13-9-11-3-4-12(14-10-11)20(17,18)15-5-7-19(16)8-6-15/h3-4,10,13H,2,5-9H2,1H3. The Morgan fingerprint density at radius 2 is 2.05 bits per heavy atom. The number of pyridine rings is 1. The number of nitrogens with zero attached hydrogens (tertiary/aromatic N) is 2. The van der Waals surface area contributed by atoms with Crippen molar-refractivity contribution in [3.05, 3.63) is 23.9 Å². The van der Waals surface area contributed by atoms with Crippen LogP contribution in [0, 0.1) is 0 Å². The van der Waals surface area contributed by atoms with Crippen molar-refractivity contribution in [1.82, 2.24) is 14.6 Å². The third-order valence-corrected chi connectivity index (χ3v) is 6.21. The summed E-state index contributed by atoms with van der Waals surface area (Å²) >= 11 is 0. The average molecular weight is 317 g/mol. The fraction of sp³-hybridized carbons (Fsp3) is 0.583. The topological polar surface area (TPSA) is 79.4 Å². The van der Waals surface area contributed by atoms with E-state index in [1.54, 1.807) is 12.3 Å². The fourth-order valence-electron chi connectivity index (χ4n) is 1.93. The summed E-state index contributed by atoms with van der Waals surface area (Å²) in [6.07, 6.45) is 1.58. The molecule has 2 heterocycles. The highest BCUT2D eigenvalue weighted by Crippen LogP contribution is 2.15. The van der Waals surface area contributed by atoms with E-state index in [0.29, 0.717) is 31.1 Å². The smallest absolute Gasteiger partial charge is 0.260 e. The van der Waals surface area contributed by atoms with Crippen LogP contribution in [0.5, 0.6) is 0 Å². The van der Waals surface area contributed by atoms with Crippen LogP contribution >= 0.6 is 0 Å². The van der Waals surface area contributed by atoms with Gasteiger partial charge in [0.05, 0.1) is 0 Å². The molecule has 0 amide bonds. The molecule has 0 unspecified atom stereocenters. The summed E-state index contributed by atoms with van der Waals surface area (Å²) in [7, 11) is -4.45. The van der Waals surface area contributed by atoms with E-state index in [1.807, 2.05) is 6.92 Å². The van der Waals surface area contributed by atoms with Crippen molar-refractivity contribution in [2.75, 3.05) is 31.1 Å². The maximum Gasteiger partial charge on any atom is 0.260 e. The lowest BCUT2D eigenvalue weighted by molar-refractivity contribution is 0.436. The Hall–Kier alpha value is -0.830. The molecule has 1 aliphatic rings. The van der Waals surface area contributed by atoms with Crippen LogP contribution in [-0.4, -0.2) is 53.1 Å². The minimum absolute atomic E-state index is 0.0606. The monoisotopic (exact) mass is 317 g/mol. The van der Waals surface area contributed by atoms with Gasteiger partial charge in [-0.15, -0.1) is 0 Å². The van der Waals surface area contributed by atoms with E-state index in [2.05, 4.69) is 10.3 Å². The molecule has 0 spiro atoms. The summed E-state index contributed by atoms with van der Waals surface area (Å²) in [5.74, 6) is 0.801. The average Bonchev–Trinajstić information content (AvgIpc) is 2.46. The molecular weight excluding hydrogens is 298 g/mol. The largest absolute Gasteiger partial charge is 0.313 e. The Morgan fingerprint density at radius 1 is 1.35 bits per heavy atom. The molecule has 0 radical (unpaired) electrons. The molecule has 0 atom stereocenters.